The fourth-order valence-corrected chi connectivity index (χ4v) is 4.03. The molecule has 4 aromatic rings. The molecule has 0 saturated heterocycles. The Kier molecular flexibility index (Phi) is 6.15. The van der Waals surface area contributed by atoms with Crippen LogP contribution < -0.4 is 4.74 Å². The highest BCUT2D eigenvalue weighted by Crippen LogP contribution is 2.32. The van der Waals surface area contributed by atoms with Crippen LogP contribution in [-0.4, -0.2) is 39.7 Å². The maximum absolute atomic E-state index is 13.6. The van der Waals surface area contributed by atoms with Gasteiger partial charge >= 0.3 is 0 Å². The molecule has 0 aliphatic heterocycles. The number of aromatic nitrogens is 3. The highest BCUT2D eigenvalue weighted by atomic mass is 35.5. The number of para-hydroxylation sites is 1. The first-order valence-electron chi connectivity index (χ1n) is 10.4. The standard InChI is InChI=1S/C25H25ClN4O2/c1-5-30-16(2)17(14-27-30)15-29(3)25(31)21-13-23(19-8-6-7-9-24(19)32-4)28-22-11-10-18(26)12-20(21)22/h6-14H,5,15H2,1-4H3. The molecule has 0 bridgehead atoms. The van der Waals surface area contributed by atoms with Crippen LogP contribution in [0.5, 0.6) is 5.75 Å². The number of carbonyl (C=O) groups is 1. The van der Waals surface area contributed by atoms with Crippen molar-refractivity contribution in [2.75, 3.05) is 14.2 Å². The Morgan fingerprint density at radius 2 is 1.97 bits per heavy atom. The lowest BCUT2D eigenvalue weighted by molar-refractivity contribution is 0.0787. The minimum atomic E-state index is -0.112. The first kappa shape index (κ1) is 21.8. The van der Waals surface area contributed by atoms with E-state index in [4.69, 9.17) is 21.3 Å². The normalized spacial score (nSPS) is 11.0. The van der Waals surface area contributed by atoms with Crippen molar-refractivity contribution in [1.29, 1.82) is 0 Å². The van der Waals surface area contributed by atoms with Gasteiger partial charge in [-0.15, -0.1) is 0 Å². The van der Waals surface area contributed by atoms with E-state index in [0.29, 0.717) is 39.5 Å². The summed E-state index contributed by atoms with van der Waals surface area (Å²) in [5.41, 5.74) is 4.81. The van der Waals surface area contributed by atoms with Gasteiger partial charge in [-0.3, -0.25) is 9.48 Å². The van der Waals surface area contributed by atoms with Crippen LogP contribution in [0.1, 0.15) is 28.5 Å². The number of hydrogen-bond acceptors (Lipinski definition) is 4. The topological polar surface area (TPSA) is 60.2 Å². The molecule has 4 rings (SSSR count). The highest BCUT2D eigenvalue weighted by Gasteiger charge is 2.20. The fraction of sp³-hybridized carbons (Fsp3) is 0.240. The molecular weight excluding hydrogens is 424 g/mol. The number of fused-ring (bicyclic) bond motifs is 1. The van der Waals surface area contributed by atoms with Gasteiger partial charge in [0.05, 0.1) is 30.1 Å². The summed E-state index contributed by atoms with van der Waals surface area (Å²) >= 11 is 6.26. The van der Waals surface area contributed by atoms with Gasteiger partial charge in [-0.1, -0.05) is 23.7 Å². The lowest BCUT2D eigenvalue weighted by atomic mass is 10.0. The quantitative estimate of drug-likeness (QED) is 0.398. The van der Waals surface area contributed by atoms with Crippen molar-refractivity contribution in [3.63, 3.8) is 0 Å². The van der Waals surface area contributed by atoms with E-state index in [0.717, 1.165) is 23.4 Å². The Labute approximate surface area is 192 Å². The zero-order valence-corrected chi connectivity index (χ0v) is 19.3. The second kappa shape index (κ2) is 9.01. The van der Waals surface area contributed by atoms with E-state index in [1.807, 2.05) is 61.1 Å². The second-order valence-corrected chi connectivity index (χ2v) is 8.09. The van der Waals surface area contributed by atoms with Crippen LogP contribution >= 0.6 is 11.6 Å². The molecule has 32 heavy (non-hydrogen) atoms. The van der Waals surface area contributed by atoms with Crippen LogP contribution in [0.2, 0.25) is 5.02 Å². The summed E-state index contributed by atoms with van der Waals surface area (Å²) in [4.78, 5) is 20.1. The van der Waals surface area contributed by atoms with Gasteiger partial charge in [-0.25, -0.2) is 4.98 Å². The van der Waals surface area contributed by atoms with Gasteiger partial charge < -0.3 is 9.64 Å². The van der Waals surface area contributed by atoms with Crippen molar-refractivity contribution >= 4 is 28.4 Å². The lowest BCUT2D eigenvalue weighted by Crippen LogP contribution is -2.26. The number of ether oxygens (including phenoxy) is 1. The van der Waals surface area contributed by atoms with Gasteiger partial charge in [-0.2, -0.15) is 5.10 Å². The van der Waals surface area contributed by atoms with E-state index in [2.05, 4.69) is 5.10 Å². The minimum absolute atomic E-state index is 0.112. The molecule has 0 N–H and O–H groups in total. The summed E-state index contributed by atoms with van der Waals surface area (Å²) in [5, 5.41) is 5.66. The van der Waals surface area contributed by atoms with E-state index in [1.165, 1.54) is 0 Å². The average Bonchev–Trinajstić information content (AvgIpc) is 3.16. The molecule has 0 radical (unpaired) electrons. The first-order valence-corrected chi connectivity index (χ1v) is 10.8. The Hall–Kier alpha value is -3.38. The Balaban J connectivity index is 1.80. The number of nitrogens with zero attached hydrogens (tertiary/aromatic N) is 4. The van der Waals surface area contributed by atoms with E-state index in [-0.39, 0.29) is 5.91 Å². The second-order valence-electron chi connectivity index (χ2n) is 7.65. The summed E-state index contributed by atoms with van der Waals surface area (Å²) in [6.45, 7) is 5.31. The highest BCUT2D eigenvalue weighted by molar-refractivity contribution is 6.31. The largest absolute Gasteiger partial charge is 0.496 e. The number of aryl methyl sites for hydroxylation is 1. The molecule has 0 aliphatic rings. The summed E-state index contributed by atoms with van der Waals surface area (Å²) in [6.07, 6.45) is 1.82. The third-order valence-electron chi connectivity index (χ3n) is 5.64. The number of hydrogen-bond donors (Lipinski definition) is 0. The van der Waals surface area contributed by atoms with Crippen molar-refractivity contribution in [3.8, 4) is 17.0 Å². The molecule has 2 aromatic heterocycles. The van der Waals surface area contributed by atoms with Crippen LogP contribution in [0.15, 0.2) is 54.7 Å². The number of benzene rings is 2. The molecule has 0 spiro atoms. The van der Waals surface area contributed by atoms with E-state index < -0.39 is 0 Å². The zero-order valence-electron chi connectivity index (χ0n) is 18.6. The number of methoxy groups -OCH3 is 1. The van der Waals surface area contributed by atoms with Crippen molar-refractivity contribution < 1.29 is 9.53 Å². The van der Waals surface area contributed by atoms with Gasteiger partial charge in [0.1, 0.15) is 5.75 Å². The average molecular weight is 449 g/mol. The molecule has 2 heterocycles. The van der Waals surface area contributed by atoms with Crippen LogP contribution in [-0.2, 0) is 13.1 Å². The monoisotopic (exact) mass is 448 g/mol. The summed E-state index contributed by atoms with van der Waals surface area (Å²) in [5.74, 6) is 0.585. The SMILES string of the molecule is CCn1ncc(CN(C)C(=O)c2cc(-c3ccccc3OC)nc3ccc(Cl)cc23)c1C. The molecule has 1 amide bonds. The molecule has 0 atom stereocenters. The van der Waals surface area contributed by atoms with Crippen LogP contribution in [0.25, 0.3) is 22.2 Å². The van der Waals surface area contributed by atoms with Gasteiger partial charge in [0, 0.05) is 47.4 Å². The third kappa shape index (κ3) is 4.06. The van der Waals surface area contributed by atoms with Crippen molar-refractivity contribution in [2.24, 2.45) is 0 Å². The number of rotatable bonds is 6. The lowest BCUT2D eigenvalue weighted by Gasteiger charge is -2.19. The number of halogens is 1. The van der Waals surface area contributed by atoms with Crippen molar-refractivity contribution in [1.82, 2.24) is 19.7 Å². The number of carbonyl (C=O) groups excluding carboxylic acids is 1. The molecular formula is C25H25ClN4O2. The molecule has 0 aliphatic carbocycles. The minimum Gasteiger partial charge on any atom is -0.496 e. The third-order valence-corrected chi connectivity index (χ3v) is 5.88. The summed E-state index contributed by atoms with van der Waals surface area (Å²) in [7, 11) is 3.42. The molecule has 6 nitrogen and oxygen atoms in total. The van der Waals surface area contributed by atoms with Crippen LogP contribution in [0, 0.1) is 6.92 Å². The van der Waals surface area contributed by atoms with Gasteiger partial charge in [-0.05, 0) is 50.2 Å². The molecule has 0 unspecified atom stereocenters. The predicted molar refractivity (Wildman–Crippen MR) is 127 cm³/mol. The fourth-order valence-electron chi connectivity index (χ4n) is 3.86. The molecule has 0 saturated carbocycles. The van der Waals surface area contributed by atoms with E-state index in [1.54, 1.807) is 31.2 Å². The molecule has 7 heteroatoms. The molecule has 164 valence electrons. The zero-order chi connectivity index (χ0) is 22.8. The molecule has 0 fully saturated rings. The Morgan fingerprint density at radius 1 is 1.19 bits per heavy atom. The first-order chi connectivity index (χ1) is 15.4. The maximum Gasteiger partial charge on any atom is 0.254 e. The number of pyridine rings is 1. The van der Waals surface area contributed by atoms with E-state index >= 15 is 0 Å². The predicted octanol–water partition coefficient (Wildman–Crippen LogP) is 5.36. The number of amides is 1. The molecule has 2 aromatic carbocycles. The van der Waals surface area contributed by atoms with Gasteiger partial charge in [0.2, 0.25) is 0 Å². The van der Waals surface area contributed by atoms with Crippen LogP contribution in [0.3, 0.4) is 0 Å². The van der Waals surface area contributed by atoms with Crippen molar-refractivity contribution in [2.45, 2.75) is 26.9 Å². The summed E-state index contributed by atoms with van der Waals surface area (Å²) < 4.78 is 7.44. The van der Waals surface area contributed by atoms with Crippen LogP contribution in [0.4, 0.5) is 0 Å². The van der Waals surface area contributed by atoms with E-state index in [9.17, 15) is 4.79 Å². The van der Waals surface area contributed by atoms with Gasteiger partial charge in [0.25, 0.3) is 5.91 Å². The smallest absolute Gasteiger partial charge is 0.254 e. The Bertz CT molecular complexity index is 1300. The Morgan fingerprint density at radius 3 is 2.69 bits per heavy atom. The maximum atomic E-state index is 13.6. The van der Waals surface area contributed by atoms with Crippen molar-refractivity contribution in [3.05, 3.63) is 76.6 Å². The van der Waals surface area contributed by atoms with Gasteiger partial charge in [0.15, 0.2) is 0 Å². The summed E-state index contributed by atoms with van der Waals surface area (Å²) in [6, 6.07) is 14.9.